The number of carbonyl (C=O) groups excluding carboxylic acids is 1. The number of hydrogen-bond acceptors (Lipinski definition) is 2. The Bertz CT molecular complexity index is 397. The summed E-state index contributed by atoms with van der Waals surface area (Å²) < 4.78 is 0. The van der Waals surface area contributed by atoms with Crippen LogP contribution in [0.15, 0.2) is 30.3 Å². The molecule has 0 heterocycles. The van der Waals surface area contributed by atoms with Crippen LogP contribution >= 0.6 is 0 Å². The van der Waals surface area contributed by atoms with Crippen LogP contribution in [0.1, 0.15) is 57.6 Å². The molecule has 0 N–H and O–H groups in total. The van der Waals surface area contributed by atoms with Crippen molar-refractivity contribution >= 4 is 5.78 Å². The highest BCUT2D eigenvalue weighted by Crippen LogP contribution is 2.35. The van der Waals surface area contributed by atoms with E-state index in [9.17, 15) is 4.79 Å². The largest absolute Gasteiger partial charge is 0.298 e. The fraction of sp³-hybridized carbons (Fsp3) is 0.588. The first kappa shape index (κ1) is 14.3. The van der Waals surface area contributed by atoms with Gasteiger partial charge in [0.05, 0.1) is 6.04 Å². The number of nitrogens with zero attached hydrogens (tertiary/aromatic N) is 1. The molecule has 0 aliphatic heterocycles. The van der Waals surface area contributed by atoms with E-state index in [1.165, 1.54) is 12.8 Å². The molecule has 1 aliphatic rings. The maximum absolute atomic E-state index is 12.6. The lowest BCUT2D eigenvalue weighted by molar-refractivity contribution is -0.124. The van der Waals surface area contributed by atoms with Crippen LogP contribution in [0.4, 0.5) is 0 Å². The maximum atomic E-state index is 12.6. The van der Waals surface area contributed by atoms with Gasteiger partial charge in [-0.25, -0.2) is 0 Å². The molecule has 104 valence electrons. The summed E-state index contributed by atoms with van der Waals surface area (Å²) in [4.78, 5) is 15.0. The van der Waals surface area contributed by atoms with E-state index in [-0.39, 0.29) is 6.04 Å². The summed E-state index contributed by atoms with van der Waals surface area (Å²) in [6.07, 6.45) is 5.29. The normalized spacial score (nSPS) is 16.6. The first-order chi connectivity index (χ1) is 9.27. The number of benzene rings is 1. The van der Waals surface area contributed by atoms with E-state index in [0.29, 0.717) is 18.2 Å². The summed E-state index contributed by atoms with van der Waals surface area (Å²) in [7, 11) is 0. The van der Waals surface area contributed by atoms with Crippen molar-refractivity contribution in [3.63, 3.8) is 0 Å². The summed E-state index contributed by atoms with van der Waals surface area (Å²) >= 11 is 0. The van der Waals surface area contributed by atoms with Crippen LogP contribution in [-0.2, 0) is 4.79 Å². The molecule has 1 aliphatic carbocycles. The Morgan fingerprint density at radius 2 is 1.95 bits per heavy atom. The molecule has 2 nitrogen and oxygen atoms in total. The smallest absolute Gasteiger partial charge is 0.154 e. The highest BCUT2D eigenvalue weighted by Gasteiger charge is 2.36. The topological polar surface area (TPSA) is 20.3 Å². The zero-order valence-electron chi connectivity index (χ0n) is 12.1. The van der Waals surface area contributed by atoms with Crippen molar-refractivity contribution in [2.24, 2.45) is 0 Å². The number of likely N-dealkylation sites (N-methyl/N-ethyl adjacent to an activating group) is 1. The number of rotatable bonds is 8. The van der Waals surface area contributed by atoms with Crippen molar-refractivity contribution in [2.75, 3.05) is 6.54 Å². The van der Waals surface area contributed by atoms with Gasteiger partial charge in [0, 0.05) is 12.5 Å². The Morgan fingerprint density at radius 3 is 2.47 bits per heavy atom. The van der Waals surface area contributed by atoms with E-state index >= 15 is 0 Å². The number of unbranched alkanes of at least 4 members (excludes halogenated alkanes) is 1. The van der Waals surface area contributed by atoms with Crippen LogP contribution in [0.5, 0.6) is 0 Å². The third-order valence-electron chi connectivity index (χ3n) is 3.91. The van der Waals surface area contributed by atoms with Gasteiger partial charge >= 0.3 is 0 Å². The van der Waals surface area contributed by atoms with E-state index in [2.05, 4.69) is 30.9 Å². The number of carbonyl (C=O) groups is 1. The van der Waals surface area contributed by atoms with Crippen molar-refractivity contribution in [1.82, 2.24) is 4.90 Å². The summed E-state index contributed by atoms with van der Waals surface area (Å²) in [6, 6.07) is 10.9. The van der Waals surface area contributed by atoms with Gasteiger partial charge in [-0.1, -0.05) is 50.6 Å². The molecule has 0 unspecified atom stereocenters. The molecule has 1 aromatic rings. The fourth-order valence-corrected chi connectivity index (χ4v) is 2.74. The highest BCUT2D eigenvalue weighted by molar-refractivity contribution is 5.85. The zero-order valence-corrected chi connectivity index (χ0v) is 12.1. The number of Topliss-reactive ketones (excluding diaryl/α,β-unsaturated/α-hetero) is 1. The van der Waals surface area contributed by atoms with Crippen LogP contribution in [-0.4, -0.2) is 23.3 Å². The summed E-state index contributed by atoms with van der Waals surface area (Å²) in [5.74, 6) is 0.391. The number of ketones is 1. The highest BCUT2D eigenvalue weighted by atomic mass is 16.1. The minimum absolute atomic E-state index is 0.0229. The van der Waals surface area contributed by atoms with Crippen LogP contribution < -0.4 is 0 Å². The van der Waals surface area contributed by atoms with Crippen molar-refractivity contribution in [3.05, 3.63) is 35.9 Å². The van der Waals surface area contributed by atoms with Gasteiger partial charge in [0.1, 0.15) is 0 Å². The van der Waals surface area contributed by atoms with Crippen molar-refractivity contribution in [3.8, 4) is 0 Å². The molecule has 0 aromatic heterocycles. The van der Waals surface area contributed by atoms with Gasteiger partial charge in [-0.3, -0.25) is 9.69 Å². The second-order valence-electron chi connectivity index (χ2n) is 5.44. The predicted octanol–water partition coefficient (Wildman–Crippen LogP) is 3.97. The van der Waals surface area contributed by atoms with Gasteiger partial charge < -0.3 is 0 Å². The van der Waals surface area contributed by atoms with E-state index < -0.39 is 0 Å². The lowest BCUT2D eigenvalue weighted by Gasteiger charge is -2.30. The Hall–Kier alpha value is -1.15. The SMILES string of the molecule is CCCCC(=O)[C@@H](c1ccccc1)N(CC)C1CC1. The minimum atomic E-state index is -0.0229. The molecule has 1 fully saturated rings. The molecule has 1 saturated carbocycles. The Morgan fingerprint density at radius 1 is 1.26 bits per heavy atom. The van der Waals surface area contributed by atoms with Crippen LogP contribution in [0.3, 0.4) is 0 Å². The first-order valence-electron chi connectivity index (χ1n) is 7.61. The van der Waals surface area contributed by atoms with E-state index in [1.807, 2.05) is 18.2 Å². The van der Waals surface area contributed by atoms with Gasteiger partial charge in [-0.05, 0) is 31.4 Å². The third-order valence-corrected chi connectivity index (χ3v) is 3.91. The fourth-order valence-electron chi connectivity index (χ4n) is 2.74. The molecule has 0 saturated heterocycles. The summed E-state index contributed by atoms with van der Waals surface area (Å²) in [5, 5.41) is 0. The van der Waals surface area contributed by atoms with Crippen LogP contribution in [0.25, 0.3) is 0 Å². The van der Waals surface area contributed by atoms with Gasteiger partial charge in [-0.2, -0.15) is 0 Å². The average molecular weight is 259 g/mol. The molecular weight excluding hydrogens is 234 g/mol. The van der Waals surface area contributed by atoms with Crippen LogP contribution in [0.2, 0.25) is 0 Å². The van der Waals surface area contributed by atoms with Crippen molar-refractivity contribution in [1.29, 1.82) is 0 Å². The Labute approximate surface area is 116 Å². The minimum Gasteiger partial charge on any atom is -0.298 e. The third kappa shape index (κ3) is 3.66. The second kappa shape index (κ2) is 6.85. The molecule has 2 rings (SSSR count). The lowest BCUT2D eigenvalue weighted by atomic mass is 9.97. The van der Waals surface area contributed by atoms with Gasteiger partial charge in [-0.15, -0.1) is 0 Å². The maximum Gasteiger partial charge on any atom is 0.154 e. The molecule has 1 atom stereocenters. The van der Waals surface area contributed by atoms with Crippen LogP contribution in [0, 0.1) is 0 Å². The number of hydrogen-bond donors (Lipinski definition) is 0. The first-order valence-corrected chi connectivity index (χ1v) is 7.61. The van der Waals surface area contributed by atoms with Gasteiger partial charge in [0.15, 0.2) is 5.78 Å². The zero-order chi connectivity index (χ0) is 13.7. The van der Waals surface area contributed by atoms with E-state index in [1.54, 1.807) is 0 Å². The molecule has 0 radical (unpaired) electrons. The second-order valence-corrected chi connectivity index (χ2v) is 5.44. The molecule has 0 amide bonds. The predicted molar refractivity (Wildman–Crippen MR) is 79.1 cm³/mol. The molecule has 1 aromatic carbocycles. The lowest BCUT2D eigenvalue weighted by Crippen LogP contribution is -2.35. The molecule has 19 heavy (non-hydrogen) atoms. The molecule has 0 bridgehead atoms. The molecule has 2 heteroatoms. The van der Waals surface area contributed by atoms with Crippen molar-refractivity contribution in [2.45, 2.75) is 58.0 Å². The molecular formula is C17H25NO. The van der Waals surface area contributed by atoms with Gasteiger partial charge in [0.2, 0.25) is 0 Å². The van der Waals surface area contributed by atoms with Gasteiger partial charge in [0.25, 0.3) is 0 Å². The summed E-state index contributed by atoms with van der Waals surface area (Å²) in [6.45, 7) is 5.27. The van der Waals surface area contributed by atoms with E-state index in [4.69, 9.17) is 0 Å². The monoisotopic (exact) mass is 259 g/mol. The quantitative estimate of drug-likeness (QED) is 0.704. The standard InChI is InChI=1S/C17H25NO/c1-3-5-11-16(19)17(14-9-7-6-8-10-14)18(4-2)15-12-13-15/h6-10,15,17H,3-5,11-13H2,1-2H3/t17-/m1/s1. The van der Waals surface area contributed by atoms with Crippen molar-refractivity contribution < 1.29 is 4.79 Å². The average Bonchev–Trinajstić information content (AvgIpc) is 3.27. The Kier molecular flexibility index (Phi) is 5.15. The summed E-state index contributed by atoms with van der Waals surface area (Å²) in [5.41, 5.74) is 1.16. The molecule has 0 spiro atoms. The van der Waals surface area contributed by atoms with E-state index in [0.717, 1.165) is 24.9 Å². The Balaban J connectivity index is 2.19.